The van der Waals surface area contributed by atoms with Crippen molar-refractivity contribution in [2.45, 2.75) is 38.4 Å². The largest absolute Gasteiger partial charge is 0.355 e. The number of carbonyl (C=O) groups is 1. The van der Waals surface area contributed by atoms with Crippen LogP contribution in [-0.4, -0.2) is 33.0 Å². The van der Waals surface area contributed by atoms with Gasteiger partial charge in [0.2, 0.25) is 5.91 Å². The van der Waals surface area contributed by atoms with Crippen LogP contribution in [-0.2, 0) is 17.8 Å². The number of thioether (sulfide) groups is 1. The van der Waals surface area contributed by atoms with Crippen molar-refractivity contribution in [3.63, 3.8) is 0 Å². The fourth-order valence-corrected chi connectivity index (χ4v) is 2.96. The molecule has 22 heavy (non-hydrogen) atoms. The molecule has 5 nitrogen and oxygen atoms in total. The maximum Gasteiger partial charge on any atom is 0.230 e. The van der Waals surface area contributed by atoms with E-state index in [0.29, 0.717) is 12.3 Å². The molecule has 0 atom stereocenters. The van der Waals surface area contributed by atoms with Crippen molar-refractivity contribution in [3.05, 3.63) is 41.7 Å². The van der Waals surface area contributed by atoms with Crippen LogP contribution in [0.3, 0.4) is 0 Å². The molecule has 2 aromatic rings. The minimum atomic E-state index is 0.0321. The van der Waals surface area contributed by atoms with E-state index in [0.717, 1.165) is 30.4 Å². The summed E-state index contributed by atoms with van der Waals surface area (Å²) in [6.45, 7) is 5.59. The van der Waals surface area contributed by atoms with E-state index in [4.69, 9.17) is 0 Å². The molecule has 1 N–H and O–H groups in total. The maximum atomic E-state index is 11.9. The highest BCUT2D eigenvalue weighted by atomic mass is 32.2. The van der Waals surface area contributed by atoms with Crippen molar-refractivity contribution < 1.29 is 4.79 Å². The van der Waals surface area contributed by atoms with Crippen LogP contribution in [0.2, 0.25) is 0 Å². The molecule has 6 heteroatoms. The van der Waals surface area contributed by atoms with Gasteiger partial charge in [-0.1, -0.05) is 49.0 Å². The van der Waals surface area contributed by atoms with E-state index in [1.54, 1.807) is 0 Å². The van der Waals surface area contributed by atoms with Crippen molar-refractivity contribution in [2.75, 3.05) is 12.3 Å². The van der Waals surface area contributed by atoms with Gasteiger partial charge in [0.05, 0.1) is 5.75 Å². The zero-order valence-electron chi connectivity index (χ0n) is 13.1. The lowest BCUT2D eigenvalue weighted by molar-refractivity contribution is -0.118. The van der Waals surface area contributed by atoms with Gasteiger partial charge in [-0.15, -0.1) is 10.2 Å². The lowest BCUT2D eigenvalue weighted by atomic mass is 10.1. The number of hydrogen-bond donors (Lipinski definition) is 1. The fourth-order valence-electron chi connectivity index (χ4n) is 2.12. The molecule has 1 aromatic carbocycles. The second-order valence-corrected chi connectivity index (χ2v) is 6.00. The summed E-state index contributed by atoms with van der Waals surface area (Å²) in [4.78, 5) is 11.9. The third kappa shape index (κ3) is 4.87. The van der Waals surface area contributed by atoms with Gasteiger partial charge in [0, 0.05) is 13.1 Å². The summed E-state index contributed by atoms with van der Waals surface area (Å²) in [5, 5.41) is 12.0. The summed E-state index contributed by atoms with van der Waals surface area (Å²) in [5.41, 5.74) is 1.23. The van der Waals surface area contributed by atoms with Crippen LogP contribution in [0.4, 0.5) is 0 Å². The number of nitrogens with zero attached hydrogens (tertiary/aromatic N) is 3. The Morgan fingerprint density at radius 3 is 2.77 bits per heavy atom. The molecule has 0 saturated carbocycles. The Balaban J connectivity index is 1.74. The molecule has 0 aliphatic carbocycles. The highest BCUT2D eigenvalue weighted by molar-refractivity contribution is 7.99. The number of aromatic nitrogens is 3. The average Bonchev–Trinajstić information content (AvgIpc) is 2.87. The quantitative estimate of drug-likeness (QED) is 0.760. The van der Waals surface area contributed by atoms with Crippen molar-refractivity contribution in [1.82, 2.24) is 20.1 Å². The van der Waals surface area contributed by atoms with Gasteiger partial charge < -0.3 is 9.88 Å². The standard InChI is InChI=1S/C16H22N4OS/c1-3-11-20-13(2)18-19-16(20)22-12-15(21)17-10-9-14-7-5-4-6-8-14/h4-8H,3,9-12H2,1-2H3,(H,17,21). The van der Waals surface area contributed by atoms with Crippen molar-refractivity contribution >= 4 is 17.7 Å². The summed E-state index contributed by atoms with van der Waals surface area (Å²) in [7, 11) is 0. The van der Waals surface area contributed by atoms with Crippen LogP contribution < -0.4 is 5.32 Å². The predicted molar refractivity (Wildman–Crippen MR) is 88.9 cm³/mol. The highest BCUT2D eigenvalue weighted by Gasteiger charge is 2.10. The molecule has 0 saturated heterocycles. The monoisotopic (exact) mass is 318 g/mol. The molecule has 0 radical (unpaired) electrons. The van der Waals surface area contributed by atoms with Crippen LogP contribution in [0.25, 0.3) is 0 Å². The minimum Gasteiger partial charge on any atom is -0.355 e. The van der Waals surface area contributed by atoms with Crippen LogP contribution in [0.1, 0.15) is 24.7 Å². The van der Waals surface area contributed by atoms with Gasteiger partial charge in [-0.3, -0.25) is 4.79 Å². The van der Waals surface area contributed by atoms with Gasteiger partial charge in [0.1, 0.15) is 5.82 Å². The number of amides is 1. The Morgan fingerprint density at radius 1 is 1.27 bits per heavy atom. The first-order valence-corrected chi connectivity index (χ1v) is 8.52. The molecule has 0 fully saturated rings. The van der Waals surface area contributed by atoms with Gasteiger partial charge in [-0.2, -0.15) is 0 Å². The van der Waals surface area contributed by atoms with Crippen LogP contribution in [0.15, 0.2) is 35.5 Å². The van der Waals surface area contributed by atoms with Gasteiger partial charge in [0.15, 0.2) is 5.16 Å². The normalized spacial score (nSPS) is 10.6. The lowest BCUT2D eigenvalue weighted by Gasteiger charge is -2.07. The molecule has 1 aromatic heterocycles. The van der Waals surface area contributed by atoms with Crippen LogP contribution in [0, 0.1) is 6.92 Å². The second-order valence-electron chi connectivity index (χ2n) is 5.06. The van der Waals surface area contributed by atoms with Crippen LogP contribution >= 0.6 is 11.8 Å². The number of hydrogen-bond acceptors (Lipinski definition) is 4. The lowest BCUT2D eigenvalue weighted by Crippen LogP contribution is -2.27. The SMILES string of the molecule is CCCn1c(C)nnc1SCC(=O)NCCc1ccccc1. The summed E-state index contributed by atoms with van der Waals surface area (Å²) in [5.74, 6) is 1.30. The van der Waals surface area contributed by atoms with E-state index < -0.39 is 0 Å². The topological polar surface area (TPSA) is 59.8 Å². The smallest absolute Gasteiger partial charge is 0.230 e. The maximum absolute atomic E-state index is 11.9. The van der Waals surface area contributed by atoms with E-state index in [2.05, 4.69) is 39.1 Å². The van der Waals surface area contributed by atoms with Crippen molar-refractivity contribution in [3.8, 4) is 0 Å². The summed E-state index contributed by atoms with van der Waals surface area (Å²) in [6.07, 6.45) is 1.87. The molecular formula is C16H22N4OS. The second kappa shape index (κ2) is 8.58. The molecule has 0 spiro atoms. The fraction of sp³-hybridized carbons (Fsp3) is 0.438. The Labute approximate surface area is 135 Å². The third-order valence-corrected chi connectivity index (χ3v) is 4.23. The molecule has 2 rings (SSSR count). The van der Waals surface area contributed by atoms with Crippen LogP contribution in [0.5, 0.6) is 0 Å². The Hall–Kier alpha value is -1.82. The van der Waals surface area contributed by atoms with E-state index in [9.17, 15) is 4.79 Å². The van der Waals surface area contributed by atoms with E-state index >= 15 is 0 Å². The molecule has 1 heterocycles. The van der Waals surface area contributed by atoms with E-state index in [1.165, 1.54) is 17.3 Å². The van der Waals surface area contributed by atoms with Gasteiger partial charge in [-0.05, 0) is 25.3 Å². The van der Waals surface area contributed by atoms with Gasteiger partial charge >= 0.3 is 0 Å². The van der Waals surface area contributed by atoms with Crippen molar-refractivity contribution in [1.29, 1.82) is 0 Å². The predicted octanol–water partition coefficient (Wildman–Crippen LogP) is 2.45. The van der Waals surface area contributed by atoms with Gasteiger partial charge in [0.25, 0.3) is 0 Å². The molecule has 0 unspecified atom stereocenters. The Bertz CT molecular complexity index is 597. The number of carbonyl (C=O) groups excluding carboxylic acids is 1. The van der Waals surface area contributed by atoms with Crippen molar-refractivity contribution in [2.24, 2.45) is 0 Å². The zero-order chi connectivity index (χ0) is 15.8. The molecule has 0 bridgehead atoms. The number of nitrogens with one attached hydrogen (secondary N) is 1. The summed E-state index contributed by atoms with van der Waals surface area (Å²) in [6, 6.07) is 10.1. The number of rotatable bonds is 8. The third-order valence-electron chi connectivity index (χ3n) is 3.26. The highest BCUT2D eigenvalue weighted by Crippen LogP contribution is 2.16. The first kappa shape index (κ1) is 16.5. The Morgan fingerprint density at radius 2 is 2.05 bits per heavy atom. The minimum absolute atomic E-state index is 0.0321. The zero-order valence-corrected chi connectivity index (χ0v) is 13.9. The number of benzene rings is 1. The molecule has 0 aliphatic heterocycles. The molecule has 1 amide bonds. The average molecular weight is 318 g/mol. The summed E-state index contributed by atoms with van der Waals surface area (Å²) >= 11 is 1.44. The molecular weight excluding hydrogens is 296 g/mol. The van der Waals surface area contributed by atoms with E-state index in [-0.39, 0.29) is 5.91 Å². The summed E-state index contributed by atoms with van der Waals surface area (Å²) < 4.78 is 2.06. The first-order valence-electron chi connectivity index (χ1n) is 7.54. The Kier molecular flexibility index (Phi) is 6.45. The van der Waals surface area contributed by atoms with Gasteiger partial charge in [-0.25, -0.2) is 0 Å². The number of aryl methyl sites for hydroxylation is 1. The molecule has 118 valence electrons. The van der Waals surface area contributed by atoms with E-state index in [1.807, 2.05) is 25.1 Å². The first-order chi connectivity index (χ1) is 10.7. The molecule has 0 aliphatic rings.